The number of nitriles is 1. The number of rotatable bonds is 8. The summed E-state index contributed by atoms with van der Waals surface area (Å²) in [5.41, 5.74) is 2.92. The van der Waals surface area contributed by atoms with Gasteiger partial charge < -0.3 is 14.8 Å². The Balaban J connectivity index is 1.55. The maximum absolute atomic E-state index is 12.5. The number of fused-ring (bicyclic) bond motifs is 1. The number of aryl methyl sites for hydroxylation is 1. The van der Waals surface area contributed by atoms with Gasteiger partial charge in [-0.1, -0.05) is 6.07 Å². The number of nitrogens with one attached hydrogen (secondary N) is 1. The van der Waals surface area contributed by atoms with Crippen LogP contribution in [0.25, 0.3) is 0 Å². The normalized spacial score (nSPS) is 12.9. The minimum atomic E-state index is -0.0880. The maximum Gasteiger partial charge on any atom is 0.239 e. The van der Waals surface area contributed by atoms with E-state index < -0.39 is 0 Å². The Morgan fingerprint density at radius 3 is 2.72 bits per heavy atom. The number of methoxy groups -OCH3 is 2. The predicted octanol–water partition coefficient (Wildman–Crippen LogP) is 3.63. The molecule has 0 saturated heterocycles. The highest BCUT2D eigenvalue weighted by atomic mass is 32.1. The minimum Gasteiger partial charge on any atom is -0.493 e. The van der Waals surface area contributed by atoms with Crippen LogP contribution in [0.3, 0.4) is 0 Å². The molecule has 1 heterocycles. The topological polar surface area (TPSA) is 74.6 Å². The van der Waals surface area contributed by atoms with E-state index in [-0.39, 0.29) is 12.5 Å². The van der Waals surface area contributed by atoms with Crippen LogP contribution in [0.1, 0.15) is 34.4 Å². The molecule has 0 unspecified atom stereocenters. The Morgan fingerprint density at radius 2 is 2.00 bits per heavy atom. The van der Waals surface area contributed by atoms with E-state index in [9.17, 15) is 10.1 Å². The Labute approximate surface area is 176 Å². The molecule has 6 nitrogen and oxygen atoms in total. The second kappa shape index (κ2) is 9.77. The first-order valence-corrected chi connectivity index (χ1v) is 10.6. The van der Waals surface area contributed by atoms with Crippen molar-refractivity contribution in [2.75, 3.05) is 39.7 Å². The monoisotopic (exact) mass is 413 g/mol. The fourth-order valence-corrected chi connectivity index (χ4v) is 4.87. The van der Waals surface area contributed by atoms with E-state index in [0.29, 0.717) is 22.1 Å². The summed E-state index contributed by atoms with van der Waals surface area (Å²) in [7, 11) is 5.16. The first-order valence-electron chi connectivity index (χ1n) is 9.79. The zero-order valence-electron chi connectivity index (χ0n) is 17.2. The van der Waals surface area contributed by atoms with Crippen molar-refractivity contribution in [1.82, 2.24) is 4.90 Å². The lowest BCUT2D eigenvalue weighted by Crippen LogP contribution is -2.31. The summed E-state index contributed by atoms with van der Waals surface area (Å²) >= 11 is 1.56. The van der Waals surface area contributed by atoms with Gasteiger partial charge in [-0.2, -0.15) is 5.26 Å². The molecule has 1 aromatic carbocycles. The fourth-order valence-electron chi connectivity index (χ4n) is 3.62. The van der Waals surface area contributed by atoms with Gasteiger partial charge in [0.2, 0.25) is 5.91 Å². The molecule has 0 aliphatic heterocycles. The van der Waals surface area contributed by atoms with Gasteiger partial charge in [-0.3, -0.25) is 9.69 Å². The number of nitrogens with zero attached hydrogens (tertiary/aromatic N) is 2. The number of likely N-dealkylation sites (N-methyl/N-ethyl adjacent to an activating group) is 1. The lowest BCUT2D eigenvalue weighted by atomic mass is 9.96. The van der Waals surface area contributed by atoms with Crippen LogP contribution in [0, 0.1) is 11.3 Å². The molecule has 3 rings (SSSR count). The molecule has 0 saturated carbocycles. The molecule has 0 fully saturated rings. The lowest BCUT2D eigenvalue weighted by Gasteiger charge is -2.16. The molecular weight excluding hydrogens is 386 g/mol. The molecular formula is C22H27N3O3S. The molecule has 0 radical (unpaired) electrons. The third-order valence-corrected chi connectivity index (χ3v) is 6.39. The molecule has 1 aliphatic rings. The summed E-state index contributed by atoms with van der Waals surface area (Å²) in [5.74, 6) is 1.32. The Kier molecular flexibility index (Phi) is 7.13. The van der Waals surface area contributed by atoms with E-state index in [2.05, 4.69) is 11.4 Å². The summed E-state index contributed by atoms with van der Waals surface area (Å²) in [6, 6.07) is 8.15. The summed E-state index contributed by atoms with van der Waals surface area (Å²) in [4.78, 5) is 15.7. The number of carbonyl (C=O) groups is 1. The quantitative estimate of drug-likeness (QED) is 0.715. The number of ether oxygens (including phenoxy) is 2. The Hall–Kier alpha value is -2.56. The van der Waals surface area contributed by atoms with Crippen LogP contribution in [-0.4, -0.2) is 45.2 Å². The molecule has 1 aliphatic carbocycles. The second-order valence-electron chi connectivity index (χ2n) is 7.25. The van der Waals surface area contributed by atoms with Gasteiger partial charge in [0, 0.05) is 11.4 Å². The first kappa shape index (κ1) is 21.2. The van der Waals surface area contributed by atoms with Crippen molar-refractivity contribution in [2.24, 2.45) is 0 Å². The Bertz CT molecular complexity index is 917. The van der Waals surface area contributed by atoms with Crippen LogP contribution in [0.4, 0.5) is 5.00 Å². The highest BCUT2D eigenvalue weighted by Crippen LogP contribution is 2.37. The number of hydrogen-bond acceptors (Lipinski definition) is 6. The van der Waals surface area contributed by atoms with Gasteiger partial charge in [-0.25, -0.2) is 0 Å². The highest BCUT2D eigenvalue weighted by Gasteiger charge is 2.22. The van der Waals surface area contributed by atoms with Crippen LogP contribution in [0.2, 0.25) is 0 Å². The minimum absolute atomic E-state index is 0.0880. The van der Waals surface area contributed by atoms with Gasteiger partial charge in [-0.05, 0) is 62.4 Å². The molecule has 2 aromatic rings. The highest BCUT2D eigenvalue weighted by molar-refractivity contribution is 7.16. The van der Waals surface area contributed by atoms with Crippen LogP contribution in [0.15, 0.2) is 18.2 Å². The summed E-state index contributed by atoms with van der Waals surface area (Å²) in [5, 5.41) is 13.2. The largest absolute Gasteiger partial charge is 0.493 e. The third kappa shape index (κ3) is 5.08. The molecule has 0 atom stereocenters. The summed E-state index contributed by atoms with van der Waals surface area (Å²) in [6.45, 7) is 1.01. The number of hydrogen-bond donors (Lipinski definition) is 1. The second-order valence-corrected chi connectivity index (χ2v) is 8.36. The predicted molar refractivity (Wildman–Crippen MR) is 115 cm³/mol. The van der Waals surface area contributed by atoms with E-state index in [4.69, 9.17) is 9.47 Å². The molecule has 1 N–H and O–H groups in total. The Morgan fingerprint density at radius 1 is 1.24 bits per heavy atom. The van der Waals surface area contributed by atoms with E-state index in [1.807, 2.05) is 30.1 Å². The first-order chi connectivity index (χ1) is 14.0. The van der Waals surface area contributed by atoms with Crippen LogP contribution < -0.4 is 14.8 Å². The van der Waals surface area contributed by atoms with Gasteiger partial charge in [-0.15, -0.1) is 11.3 Å². The molecule has 0 bridgehead atoms. The molecule has 7 heteroatoms. The van der Waals surface area contributed by atoms with Gasteiger partial charge in [0.25, 0.3) is 0 Å². The van der Waals surface area contributed by atoms with Gasteiger partial charge in [0.05, 0.1) is 26.3 Å². The van der Waals surface area contributed by atoms with Crippen molar-refractivity contribution in [3.05, 3.63) is 39.8 Å². The number of anilines is 1. The van der Waals surface area contributed by atoms with Crippen molar-refractivity contribution >= 4 is 22.2 Å². The zero-order valence-corrected chi connectivity index (χ0v) is 18.0. The molecule has 1 aromatic heterocycles. The average molecular weight is 414 g/mol. The van der Waals surface area contributed by atoms with Crippen molar-refractivity contribution in [3.63, 3.8) is 0 Å². The number of carbonyl (C=O) groups excluding carboxylic acids is 1. The number of amides is 1. The summed E-state index contributed by atoms with van der Waals surface area (Å²) in [6.07, 6.45) is 5.02. The van der Waals surface area contributed by atoms with Crippen LogP contribution >= 0.6 is 11.3 Å². The smallest absolute Gasteiger partial charge is 0.239 e. The van der Waals surface area contributed by atoms with E-state index in [1.165, 1.54) is 4.88 Å². The summed E-state index contributed by atoms with van der Waals surface area (Å²) < 4.78 is 10.6. The van der Waals surface area contributed by atoms with Gasteiger partial charge in [0.1, 0.15) is 11.1 Å². The van der Waals surface area contributed by atoms with Gasteiger partial charge in [0.15, 0.2) is 11.5 Å². The van der Waals surface area contributed by atoms with Gasteiger partial charge >= 0.3 is 0 Å². The standard InChI is InChI=1S/C22H27N3O3S/c1-25(11-10-15-8-9-18(27-2)19(12-15)28-3)14-21(26)24-22-17(13-23)16-6-4-5-7-20(16)29-22/h8-9,12H,4-7,10-11,14H2,1-3H3,(H,24,26). The molecule has 154 valence electrons. The average Bonchev–Trinajstić information content (AvgIpc) is 3.08. The number of thiophene rings is 1. The zero-order chi connectivity index (χ0) is 20.8. The van der Waals surface area contributed by atoms with Crippen LogP contribution in [-0.2, 0) is 24.1 Å². The van der Waals surface area contributed by atoms with Crippen molar-refractivity contribution < 1.29 is 14.3 Å². The molecule has 0 spiro atoms. The van der Waals surface area contributed by atoms with E-state index in [0.717, 1.165) is 49.8 Å². The lowest BCUT2D eigenvalue weighted by molar-refractivity contribution is -0.117. The molecule has 1 amide bonds. The van der Waals surface area contributed by atoms with E-state index in [1.54, 1.807) is 25.6 Å². The van der Waals surface area contributed by atoms with Crippen LogP contribution in [0.5, 0.6) is 11.5 Å². The van der Waals surface area contributed by atoms with E-state index >= 15 is 0 Å². The third-order valence-electron chi connectivity index (χ3n) is 5.18. The van der Waals surface area contributed by atoms with Crippen molar-refractivity contribution in [3.8, 4) is 17.6 Å². The SMILES string of the molecule is COc1ccc(CCN(C)CC(=O)Nc2sc3c(c2C#N)CCCC3)cc1OC. The van der Waals surface area contributed by atoms with Crippen molar-refractivity contribution in [1.29, 1.82) is 5.26 Å². The maximum atomic E-state index is 12.5. The van der Waals surface area contributed by atoms with Crippen molar-refractivity contribution in [2.45, 2.75) is 32.1 Å². The number of benzene rings is 1. The molecule has 29 heavy (non-hydrogen) atoms. The fraction of sp³-hybridized carbons (Fsp3) is 0.455.